The molecule has 9 heteroatoms. The summed E-state index contributed by atoms with van der Waals surface area (Å²) in [5.74, 6) is 0.646. The number of hydrogen-bond acceptors (Lipinski definition) is 5. The van der Waals surface area contributed by atoms with Gasteiger partial charge in [-0.15, -0.1) is 0 Å². The number of nitrogens with one attached hydrogen (secondary N) is 1. The molecule has 0 spiro atoms. The lowest BCUT2D eigenvalue weighted by Gasteiger charge is -2.13. The number of anilines is 1. The molecule has 1 aromatic carbocycles. The van der Waals surface area contributed by atoms with Crippen LogP contribution in [0.5, 0.6) is 5.75 Å². The average Bonchev–Trinajstić information content (AvgIpc) is 3.33. The van der Waals surface area contributed by atoms with Crippen LogP contribution < -0.4 is 10.1 Å². The van der Waals surface area contributed by atoms with Crippen LogP contribution in [0.2, 0.25) is 0 Å². The number of aromatic nitrogens is 2. The number of hydrogen-bond donors (Lipinski definition) is 1. The summed E-state index contributed by atoms with van der Waals surface area (Å²) >= 11 is 2.22. The molecule has 2 amide bonds. The maximum Gasteiger partial charge on any atom is 0.291 e. The summed E-state index contributed by atoms with van der Waals surface area (Å²) < 4.78 is 13.9. The lowest BCUT2D eigenvalue weighted by molar-refractivity contribution is 0.0816. The van der Waals surface area contributed by atoms with Gasteiger partial charge in [-0.05, 0) is 65.9 Å². The first-order chi connectivity index (χ1) is 13.9. The van der Waals surface area contributed by atoms with Crippen molar-refractivity contribution in [1.29, 1.82) is 0 Å². The maximum absolute atomic E-state index is 12.6. The molecule has 0 saturated heterocycles. The van der Waals surface area contributed by atoms with Crippen molar-refractivity contribution in [3.63, 3.8) is 0 Å². The van der Waals surface area contributed by atoms with Crippen LogP contribution in [-0.4, -0.2) is 40.6 Å². The number of amides is 2. The molecule has 29 heavy (non-hydrogen) atoms. The Bertz CT molecular complexity index is 1010. The Kier molecular flexibility index (Phi) is 6.57. The van der Waals surface area contributed by atoms with E-state index in [9.17, 15) is 9.59 Å². The van der Waals surface area contributed by atoms with E-state index in [1.807, 2.05) is 31.2 Å². The number of halogens is 1. The third-order valence-electron chi connectivity index (χ3n) is 4.08. The molecule has 0 unspecified atom stereocenters. The minimum Gasteiger partial charge on any atom is -0.486 e. The fourth-order valence-electron chi connectivity index (χ4n) is 2.60. The van der Waals surface area contributed by atoms with Gasteiger partial charge < -0.3 is 19.4 Å². The predicted octanol–water partition coefficient (Wildman–Crippen LogP) is 3.63. The number of carbonyl (C=O) groups is 2. The standard InChI is InChI=1S/C20H21IN4O4/c1-4-25-18(20(27)24(2)3)16(11-22-25)23-19(26)17-10-9-15(29-17)12-28-14-7-5-13(21)6-8-14/h5-11H,4,12H2,1-3H3,(H,23,26). The molecule has 1 N–H and O–H groups in total. The summed E-state index contributed by atoms with van der Waals surface area (Å²) in [7, 11) is 3.29. The zero-order chi connectivity index (χ0) is 21.0. The fourth-order valence-corrected chi connectivity index (χ4v) is 2.96. The van der Waals surface area contributed by atoms with Crippen LogP contribution in [0.3, 0.4) is 0 Å². The van der Waals surface area contributed by atoms with Crippen molar-refractivity contribution < 1.29 is 18.7 Å². The van der Waals surface area contributed by atoms with E-state index >= 15 is 0 Å². The molecule has 3 rings (SSSR count). The average molecular weight is 508 g/mol. The van der Waals surface area contributed by atoms with Gasteiger partial charge in [-0.25, -0.2) is 0 Å². The zero-order valence-corrected chi connectivity index (χ0v) is 18.5. The second kappa shape index (κ2) is 9.12. The predicted molar refractivity (Wildman–Crippen MR) is 116 cm³/mol. The molecule has 0 aliphatic carbocycles. The van der Waals surface area contributed by atoms with Gasteiger partial charge in [0.05, 0.1) is 11.9 Å². The molecule has 152 valence electrons. The SMILES string of the molecule is CCn1ncc(NC(=O)c2ccc(COc3ccc(I)cc3)o2)c1C(=O)N(C)C. The first kappa shape index (κ1) is 20.9. The van der Waals surface area contributed by atoms with Gasteiger partial charge in [-0.1, -0.05) is 0 Å². The largest absolute Gasteiger partial charge is 0.486 e. The van der Waals surface area contributed by atoms with E-state index < -0.39 is 5.91 Å². The highest BCUT2D eigenvalue weighted by Crippen LogP contribution is 2.20. The quantitative estimate of drug-likeness (QED) is 0.493. The third-order valence-corrected chi connectivity index (χ3v) is 4.80. The lowest BCUT2D eigenvalue weighted by Crippen LogP contribution is -2.26. The molecule has 8 nitrogen and oxygen atoms in total. The van der Waals surface area contributed by atoms with Crippen molar-refractivity contribution >= 4 is 40.1 Å². The molecule has 0 saturated carbocycles. The van der Waals surface area contributed by atoms with E-state index in [1.165, 1.54) is 11.1 Å². The summed E-state index contributed by atoms with van der Waals surface area (Å²) in [5.41, 5.74) is 0.656. The minimum atomic E-state index is -0.464. The van der Waals surface area contributed by atoms with Gasteiger partial charge in [0.15, 0.2) is 5.76 Å². The smallest absolute Gasteiger partial charge is 0.291 e. The van der Waals surface area contributed by atoms with Crippen LogP contribution in [0.15, 0.2) is 47.0 Å². The first-order valence-electron chi connectivity index (χ1n) is 8.95. The highest BCUT2D eigenvalue weighted by atomic mass is 127. The van der Waals surface area contributed by atoms with Crippen molar-refractivity contribution in [1.82, 2.24) is 14.7 Å². The summed E-state index contributed by atoms with van der Waals surface area (Å²) in [6.07, 6.45) is 1.46. The molecule has 2 heterocycles. The Balaban J connectivity index is 1.68. The first-order valence-corrected chi connectivity index (χ1v) is 10.0. The van der Waals surface area contributed by atoms with Gasteiger partial charge >= 0.3 is 0 Å². The van der Waals surface area contributed by atoms with E-state index in [4.69, 9.17) is 9.15 Å². The van der Waals surface area contributed by atoms with Gasteiger partial charge in [-0.2, -0.15) is 5.10 Å². The number of furan rings is 1. The van der Waals surface area contributed by atoms with Crippen molar-refractivity contribution in [3.8, 4) is 5.75 Å². The van der Waals surface area contributed by atoms with Crippen LogP contribution in [0.4, 0.5) is 5.69 Å². The second-order valence-electron chi connectivity index (χ2n) is 6.38. The number of rotatable bonds is 7. The number of benzene rings is 1. The maximum atomic E-state index is 12.6. The molecular formula is C20H21IN4O4. The number of nitrogens with zero attached hydrogens (tertiary/aromatic N) is 3. The van der Waals surface area contributed by atoms with Gasteiger partial charge in [0.25, 0.3) is 11.8 Å². The molecular weight excluding hydrogens is 487 g/mol. The van der Waals surface area contributed by atoms with Crippen molar-refractivity contribution in [2.24, 2.45) is 0 Å². The van der Waals surface area contributed by atoms with Crippen LogP contribution in [0, 0.1) is 3.57 Å². The van der Waals surface area contributed by atoms with Gasteiger partial charge in [-0.3, -0.25) is 14.3 Å². The highest BCUT2D eigenvalue weighted by Gasteiger charge is 2.22. The molecule has 0 aliphatic heterocycles. The molecule has 0 fully saturated rings. The normalized spacial score (nSPS) is 10.6. The Morgan fingerprint density at radius 1 is 1.21 bits per heavy atom. The van der Waals surface area contributed by atoms with Gasteiger partial charge in [0, 0.05) is 24.2 Å². The van der Waals surface area contributed by atoms with Crippen molar-refractivity contribution in [3.05, 3.63) is 63.4 Å². The van der Waals surface area contributed by atoms with Crippen molar-refractivity contribution in [2.45, 2.75) is 20.1 Å². The molecule has 3 aromatic rings. The number of carbonyl (C=O) groups excluding carboxylic acids is 2. The Hall–Kier alpha value is -2.82. The summed E-state index contributed by atoms with van der Waals surface area (Å²) in [4.78, 5) is 26.5. The topological polar surface area (TPSA) is 89.6 Å². The molecule has 2 aromatic heterocycles. The molecule has 0 radical (unpaired) electrons. The Morgan fingerprint density at radius 2 is 1.93 bits per heavy atom. The summed E-state index contributed by atoms with van der Waals surface area (Å²) in [5, 5.41) is 6.87. The zero-order valence-electron chi connectivity index (χ0n) is 16.3. The van der Waals surface area contributed by atoms with Crippen LogP contribution in [-0.2, 0) is 13.2 Å². The van der Waals surface area contributed by atoms with E-state index in [1.54, 1.807) is 30.9 Å². The molecule has 0 bridgehead atoms. The summed E-state index contributed by atoms with van der Waals surface area (Å²) in [6, 6.07) is 10.9. The van der Waals surface area contributed by atoms with E-state index in [0.29, 0.717) is 29.4 Å². The number of aryl methyl sites for hydroxylation is 1. The summed E-state index contributed by atoms with van der Waals surface area (Å²) in [6.45, 7) is 2.58. The Labute approximate surface area is 182 Å². The lowest BCUT2D eigenvalue weighted by atomic mass is 10.3. The van der Waals surface area contributed by atoms with Gasteiger partial charge in [0.1, 0.15) is 23.8 Å². The van der Waals surface area contributed by atoms with Crippen molar-refractivity contribution in [2.75, 3.05) is 19.4 Å². The van der Waals surface area contributed by atoms with Crippen LogP contribution >= 0.6 is 22.6 Å². The van der Waals surface area contributed by atoms with E-state index in [-0.39, 0.29) is 18.3 Å². The molecule has 0 aliphatic rings. The highest BCUT2D eigenvalue weighted by molar-refractivity contribution is 14.1. The monoisotopic (exact) mass is 508 g/mol. The minimum absolute atomic E-state index is 0.124. The second-order valence-corrected chi connectivity index (χ2v) is 7.63. The third kappa shape index (κ3) is 4.97. The van der Waals surface area contributed by atoms with Gasteiger partial charge in [0.2, 0.25) is 0 Å². The number of ether oxygens (including phenoxy) is 1. The fraction of sp³-hybridized carbons (Fsp3) is 0.250. The van der Waals surface area contributed by atoms with Crippen LogP contribution in [0.25, 0.3) is 0 Å². The van der Waals surface area contributed by atoms with Crippen LogP contribution in [0.1, 0.15) is 33.7 Å². The van der Waals surface area contributed by atoms with E-state index in [0.717, 1.165) is 3.57 Å². The van der Waals surface area contributed by atoms with E-state index in [2.05, 4.69) is 33.0 Å². The Morgan fingerprint density at radius 3 is 2.59 bits per heavy atom. The molecule has 0 atom stereocenters.